The summed E-state index contributed by atoms with van der Waals surface area (Å²) in [5.41, 5.74) is 10.1. The van der Waals surface area contributed by atoms with Crippen molar-refractivity contribution >= 4 is 0 Å². The van der Waals surface area contributed by atoms with E-state index in [0.29, 0.717) is 0 Å². The standard InChI is InChI=1S/C12H17NO/c1-8-6-9(14-2)7-11-10(8)4-3-5-12(11)13/h6-7,12H,3-5,13H2,1-2H3/t12-/m0/s1. The van der Waals surface area contributed by atoms with Gasteiger partial charge in [-0.1, -0.05) is 0 Å². The minimum absolute atomic E-state index is 0.201. The van der Waals surface area contributed by atoms with Crippen LogP contribution in [0.1, 0.15) is 35.6 Å². The summed E-state index contributed by atoms with van der Waals surface area (Å²) < 4.78 is 5.25. The van der Waals surface area contributed by atoms with Crippen LogP contribution in [0.5, 0.6) is 5.75 Å². The highest BCUT2D eigenvalue weighted by molar-refractivity contribution is 5.44. The first kappa shape index (κ1) is 9.53. The Bertz CT molecular complexity index is 346. The van der Waals surface area contributed by atoms with Crippen molar-refractivity contribution in [3.8, 4) is 5.75 Å². The molecular weight excluding hydrogens is 174 g/mol. The molecule has 0 spiro atoms. The van der Waals surface area contributed by atoms with Gasteiger partial charge in [0.15, 0.2) is 0 Å². The Morgan fingerprint density at radius 2 is 2.21 bits per heavy atom. The van der Waals surface area contributed by atoms with E-state index in [1.807, 2.05) is 0 Å². The summed E-state index contributed by atoms with van der Waals surface area (Å²) in [6.07, 6.45) is 3.47. The molecule has 0 fully saturated rings. The molecule has 0 aliphatic heterocycles. The van der Waals surface area contributed by atoms with E-state index in [9.17, 15) is 0 Å². The van der Waals surface area contributed by atoms with Crippen LogP contribution in [0, 0.1) is 6.92 Å². The van der Waals surface area contributed by atoms with E-state index in [1.165, 1.54) is 29.5 Å². The lowest BCUT2D eigenvalue weighted by molar-refractivity contribution is 0.412. The Hall–Kier alpha value is -1.02. The van der Waals surface area contributed by atoms with Gasteiger partial charge in [0.1, 0.15) is 5.75 Å². The Morgan fingerprint density at radius 1 is 1.43 bits per heavy atom. The number of fused-ring (bicyclic) bond motifs is 1. The van der Waals surface area contributed by atoms with Crippen molar-refractivity contribution in [1.29, 1.82) is 0 Å². The number of aryl methyl sites for hydroxylation is 1. The molecule has 1 aromatic carbocycles. The third-order valence-corrected chi connectivity index (χ3v) is 3.06. The van der Waals surface area contributed by atoms with Crippen molar-refractivity contribution in [3.63, 3.8) is 0 Å². The summed E-state index contributed by atoms with van der Waals surface area (Å²) in [5, 5.41) is 0. The van der Waals surface area contributed by atoms with Crippen LogP contribution in [-0.2, 0) is 6.42 Å². The largest absolute Gasteiger partial charge is 0.497 e. The first-order chi connectivity index (χ1) is 6.72. The molecule has 0 amide bonds. The Kier molecular flexibility index (Phi) is 2.46. The molecule has 1 aliphatic rings. The van der Waals surface area contributed by atoms with Crippen molar-refractivity contribution in [1.82, 2.24) is 0 Å². The predicted molar refractivity (Wildman–Crippen MR) is 57.6 cm³/mol. The quantitative estimate of drug-likeness (QED) is 0.739. The number of hydrogen-bond acceptors (Lipinski definition) is 2. The van der Waals surface area contributed by atoms with Gasteiger partial charge in [-0.05, 0) is 55.0 Å². The third kappa shape index (κ3) is 1.50. The van der Waals surface area contributed by atoms with Crippen molar-refractivity contribution in [3.05, 3.63) is 28.8 Å². The lowest BCUT2D eigenvalue weighted by Crippen LogP contribution is -2.18. The second kappa shape index (κ2) is 3.62. The first-order valence-electron chi connectivity index (χ1n) is 5.15. The zero-order chi connectivity index (χ0) is 10.1. The monoisotopic (exact) mass is 191 g/mol. The number of nitrogens with two attached hydrogens (primary N) is 1. The van der Waals surface area contributed by atoms with Gasteiger partial charge >= 0.3 is 0 Å². The number of rotatable bonds is 1. The molecule has 1 aromatic rings. The van der Waals surface area contributed by atoms with Gasteiger partial charge in [-0.25, -0.2) is 0 Å². The van der Waals surface area contributed by atoms with Crippen LogP contribution >= 0.6 is 0 Å². The van der Waals surface area contributed by atoms with E-state index in [1.54, 1.807) is 7.11 Å². The number of benzene rings is 1. The molecule has 2 heteroatoms. The SMILES string of the molecule is COc1cc(C)c2c(c1)[C@@H](N)CCC2. The van der Waals surface area contributed by atoms with Crippen LogP contribution < -0.4 is 10.5 Å². The minimum Gasteiger partial charge on any atom is -0.497 e. The van der Waals surface area contributed by atoms with E-state index in [0.717, 1.165) is 12.2 Å². The van der Waals surface area contributed by atoms with Crippen LogP contribution in [0.4, 0.5) is 0 Å². The van der Waals surface area contributed by atoms with E-state index in [4.69, 9.17) is 10.5 Å². The summed E-state index contributed by atoms with van der Waals surface area (Å²) in [5.74, 6) is 0.929. The van der Waals surface area contributed by atoms with Crippen LogP contribution in [0.3, 0.4) is 0 Å². The summed E-state index contributed by atoms with van der Waals surface area (Å²) in [6, 6.07) is 4.38. The molecule has 0 saturated carbocycles. The zero-order valence-electron chi connectivity index (χ0n) is 8.84. The van der Waals surface area contributed by atoms with Gasteiger partial charge in [0.05, 0.1) is 7.11 Å². The summed E-state index contributed by atoms with van der Waals surface area (Å²) in [7, 11) is 1.70. The maximum absolute atomic E-state index is 6.08. The van der Waals surface area contributed by atoms with Gasteiger partial charge in [0, 0.05) is 6.04 Å². The van der Waals surface area contributed by atoms with Crippen LogP contribution in [0.2, 0.25) is 0 Å². The highest BCUT2D eigenvalue weighted by atomic mass is 16.5. The van der Waals surface area contributed by atoms with Crippen molar-refractivity contribution in [2.45, 2.75) is 32.2 Å². The van der Waals surface area contributed by atoms with Crippen LogP contribution in [-0.4, -0.2) is 7.11 Å². The fraction of sp³-hybridized carbons (Fsp3) is 0.500. The smallest absolute Gasteiger partial charge is 0.119 e. The van der Waals surface area contributed by atoms with Crippen LogP contribution in [0.15, 0.2) is 12.1 Å². The number of hydrogen-bond donors (Lipinski definition) is 1. The topological polar surface area (TPSA) is 35.2 Å². The molecule has 0 radical (unpaired) electrons. The molecule has 76 valence electrons. The van der Waals surface area contributed by atoms with Gasteiger partial charge < -0.3 is 10.5 Å². The maximum atomic E-state index is 6.08. The Labute approximate surface area is 85.1 Å². The molecule has 2 nitrogen and oxygen atoms in total. The minimum atomic E-state index is 0.201. The molecule has 1 aliphatic carbocycles. The summed E-state index contributed by atoms with van der Waals surface area (Å²) in [6.45, 7) is 2.14. The second-order valence-corrected chi connectivity index (χ2v) is 4.01. The molecule has 0 heterocycles. The molecular formula is C12H17NO. The molecule has 1 atom stereocenters. The molecule has 0 bridgehead atoms. The first-order valence-corrected chi connectivity index (χ1v) is 5.15. The Balaban J connectivity index is 2.51. The van der Waals surface area contributed by atoms with E-state index in [2.05, 4.69) is 19.1 Å². The predicted octanol–water partition coefficient (Wildman–Crippen LogP) is 2.34. The average molecular weight is 191 g/mol. The normalized spacial score (nSPS) is 20.4. The number of methoxy groups -OCH3 is 1. The maximum Gasteiger partial charge on any atom is 0.119 e. The van der Waals surface area contributed by atoms with Crippen molar-refractivity contribution < 1.29 is 4.74 Å². The lowest BCUT2D eigenvalue weighted by atomic mass is 9.85. The van der Waals surface area contributed by atoms with Crippen LogP contribution in [0.25, 0.3) is 0 Å². The van der Waals surface area contributed by atoms with E-state index in [-0.39, 0.29) is 6.04 Å². The van der Waals surface area contributed by atoms with Gasteiger partial charge in [0.25, 0.3) is 0 Å². The number of ether oxygens (including phenoxy) is 1. The van der Waals surface area contributed by atoms with E-state index < -0.39 is 0 Å². The molecule has 2 rings (SSSR count). The van der Waals surface area contributed by atoms with Crippen molar-refractivity contribution in [2.75, 3.05) is 7.11 Å². The average Bonchev–Trinajstić information content (AvgIpc) is 2.19. The highest BCUT2D eigenvalue weighted by Crippen LogP contribution is 2.33. The van der Waals surface area contributed by atoms with Gasteiger partial charge in [-0.2, -0.15) is 0 Å². The summed E-state index contributed by atoms with van der Waals surface area (Å²) in [4.78, 5) is 0. The van der Waals surface area contributed by atoms with Crippen molar-refractivity contribution in [2.24, 2.45) is 5.73 Å². The Morgan fingerprint density at radius 3 is 2.93 bits per heavy atom. The lowest BCUT2D eigenvalue weighted by Gasteiger charge is -2.24. The molecule has 2 N–H and O–H groups in total. The molecule has 0 saturated heterocycles. The molecule has 0 aromatic heterocycles. The molecule has 14 heavy (non-hydrogen) atoms. The summed E-state index contributed by atoms with van der Waals surface area (Å²) >= 11 is 0. The van der Waals surface area contributed by atoms with Gasteiger partial charge in [-0.15, -0.1) is 0 Å². The fourth-order valence-electron chi connectivity index (χ4n) is 2.25. The highest BCUT2D eigenvalue weighted by Gasteiger charge is 2.19. The van der Waals surface area contributed by atoms with Gasteiger partial charge in [-0.3, -0.25) is 0 Å². The fourth-order valence-corrected chi connectivity index (χ4v) is 2.25. The molecule has 0 unspecified atom stereocenters. The van der Waals surface area contributed by atoms with E-state index >= 15 is 0 Å². The second-order valence-electron chi connectivity index (χ2n) is 4.01. The zero-order valence-corrected chi connectivity index (χ0v) is 8.84. The third-order valence-electron chi connectivity index (χ3n) is 3.06. The van der Waals surface area contributed by atoms with Gasteiger partial charge in [0.2, 0.25) is 0 Å².